The van der Waals surface area contributed by atoms with Gasteiger partial charge in [0.15, 0.2) is 0 Å². The molecule has 0 radical (unpaired) electrons. The molecule has 0 fully saturated rings. The lowest BCUT2D eigenvalue weighted by atomic mass is 10.2. The quantitative estimate of drug-likeness (QED) is 0.370. The van der Waals surface area contributed by atoms with Crippen LogP contribution in [-0.4, -0.2) is 24.5 Å². The molecule has 0 aliphatic carbocycles. The van der Waals surface area contributed by atoms with Crippen LogP contribution >= 0.6 is 0 Å². The fourth-order valence-corrected chi connectivity index (χ4v) is 1.77. The van der Waals surface area contributed by atoms with E-state index in [1.807, 2.05) is 6.08 Å². The van der Waals surface area contributed by atoms with Crippen LogP contribution in [0.15, 0.2) is 24.8 Å². The number of nitrogens with zero attached hydrogens (tertiary/aromatic N) is 1. The second-order valence-electron chi connectivity index (χ2n) is 4.55. The van der Waals surface area contributed by atoms with E-state index in [2.05, 4.69) is 31.9 Å². The summed E-state index contributed by atoms with van der Waals surface area (Å²) in [5.41, 5.74) is 1.14. The van der Waals surface area contributed by atoms with Gasteiger partial charge in [0.2, 0.25) is 0 Å². The molecule has 0 aliphatic rings. The van der Waals surface area contributed by atoms with Crippen molar-refractivity contribution in [2.75, 3.05) is 19.6 Å². The zero-order valence-corrected chi connectivity index (χ0v) is 11.3. The van der Waals surface area contributed by atoms with Crippen LogP contribution in [0.5, 0.6) is 0 Å². The highest BCUT2D eigenvalue weighted by molar-refractivity contribution is 5.12. The van der Waals surface area contributed by atoms with Crippen LogP contribution in [0.2, 0.25) is 0 Å². The second kappa shape index (κ2) is 10.9. The Morgan fingerprint density at radius 2 is 1.62 bits per heavy atom. The number of hydrogen-bond acceptors (Lipinski definition) is 1. The third-order valence-corrected chi connectivity index (χ3v) is 2.87. The molecule has 0 aromatic heterocycles. The smallest absolute Gasteiger partial charge is 0.0227 e. The average molecular weight is 223 g/mol. The maximum absolute atomic E-state index is 4.01. The monoisotopic (exact) mass is 223 g/mol. The van der Waals surface area contributed by atoms with Gasteiger partial charge in [-0.05, 0) is 31.5 Å². The second-order valence-corrected chi connectivity index (χ2v) is 4.55. The average Bonchev–Trinajstić information content (AvgIpc) is 2.30. The molecule has 0 rings (SSSR count). The molecule has 0 atom stereocenters. The van der Waals surface area contributed by atoms with E-state index >= 15 is 0 Å². The lowest BCUT2D eigenvalue weighted by Crippen LogP contribution is -2.27. The Morgan fingerprint density at radius 1 is 1.00 bits per heavy atom. The highest BCUT2D eigenvalue weighted by atomic mass is 15.1. The van der Waals surface area contributed by atoms with Crippen LogP contribution in [0.1, 0.15) is 52.4 Å². The molecule has 0 heterocycles. The SMILES string of the molecule is C=CC(=C)CN(CCCC)CCCCCC. The predicted octanol–water partition coefficient (Wildman–Crippen LogP) is 4.41. The number of rotatable bonds is 11. The summed E-state index contributed by atoms with van der Waals surface area (Å²) in [4.78, 5) is 2.52. The van der Waals surface area contributed by atoms with Crippen LogP contribution in [0.3, 0.4) is 0 Å². The summed E-state index contributed by atoms with van der Waals surface area (Å²) < 4.78 is 0. The van der Waals surface area contributed by atoms with Crippen molar-refractivity contribution in [2.45, 2.75) is 52.4 Å². The first kappa shape index (κ1) is 15.4. The molecule has 16 heavy (non-hydrogen) atoms. The van der Waals surface area contributed by atoms with Crippen LogP contribution in [0, 0.1) is 0 Å². The number of hydrogen-bond donors (Lipinski definition) is 0. The molecule has 0 unspecified atom stereocenters. The topological polar surface area (TPSA) is 3.24 Å². The molecule has 0 amide bonds. The minimum atomic E-state index is 0.996. The minimum absolute atomic E-state index is 0.996. The highest BCUT2D eigenvalue weighted by Gasteiger charge is 2.04. The molecule has 0 aliphatic heterocycles. The van der Waals surface area contributed by atoms with Gasteiger partial charge < -0.3 is 0 Å². The lowest BCUT2D eigenvalue weighted by molar-refractivity contribution is 0.286. The Kier molecular flexibility index (Phi) is 10.6. The third-order valence-electron chi connectivity index (χ3n) is 2.87. The Bertz CT molecular complexity index is 184. The van der Waals surface area contributed by atoms with Gasteiger partial charge in [0, 0.05) is 6.54 Å². The summed E-state index contributed by atoms with van der Waals surface area (Å²) in [6.45, 7) is 15.7. The molecule has 0 spiro atoms. The highest BCUT2D eigenvalue weighted by Crippen LogP contribution is 2.05. The van der Waals surface area contributed by atoms with Crippen LogP contribution in [0.25, 0.3) is 0 Å². The van der Waals surface area contributed by atoms with Gasteiger partial charge in [-0.15, -0.1) is 0 Å². The van der Waals surface area contributed by atoms with E-state index in [0.717, 1.165) is 12.1 Å². The van der Waals surface area contributed by atoms with Crippen molar-refractivity contribution < 1.29 is 0 Å². The summed E-state index contributed by atoms with van der Waals surface area (Å²) in [7, 11) is 0. The van der Waals surface area contributed by atoms with E-state index in [1.165, 1.54) is 51.6 Å². The first-order valence-electron chi connectivity index (χ1n) is 6.77. The fraction of sp³-hybridized carbons (Fsp3) is 0.733. The van der Waals surface area contributed by atoms with Crippen molar-refractivity contribution in [2.24, 2.45) is 0 Å². The van der Waals surface area contributed by atoms with E-state index in [4.69, 9.17) is 0 Å². The van der Waals surface area contributed by atoms with E-state index in [9.17, 15) is 0 Å². The van der Waals surface area contributed by atoms with Crippen molar-refractivity contribution in [1.82, 2.24) is 4.90 Å². The molecular formula is C15H29N. The van der Waals surface area contributed by atoms with Crippen molar-refractivity contribution in [3.8, 4) is 0 Å². The normalized spacial score (nSPS) is 10.7. The summed E-state index contributed by atoms with van der Waals surface area (Å²) >= 11 is 0. The Labute approximate surface area is 102 Å². The van der Waals surface area contributed by atoms with Gasteiger partial charge >= 0.3 is 0 Å². The molecule has 94 valence electrons. The van der Waals surface area contributed by atoms with Crippen molar-refractivity contribution >= 4 is 0 Å². The Hall–Kier alpha value is -0.560. The number of unbranched alkanes of at least 4 members (excludes halogenated alkanes) is 4. The molecule has 0 aromatic carbocycles. The van der Waals surface area contributed by atoms with Gasteiger partial charge in [0.25, 0.3) is 0 Å². The molecule has 0 saturated carbocycles. The van der Waals surface area contributed by atoms with Gasteiger partial charge in [0.05, 0.1) is 0 Å². The summed E-state index contributed by atoms with van der Waals surface area (Å²) in [6.07, 6.45) is 9.80. The largest absolute Gasteiger partial charge is 0.299 e. The van der Waals surface area contributed by atoms with E-state index in [-0.39, 0.29) is 0 Å². The van der Waals surface area contributed by atoms with Crippen LogP contribution < -0.4 is 0 Å². The minimum Gasteiger partial charge on any atom is -0.299 e. The van der Waals surface area contributed by atoms with E-state index < -0.39 is 0 Å². The van der Waals surface area contributed by atoms with Crippen molar-refractivity contribution in [3.63, 3.8) is 0 Å². The first-order valence-corrected chi connectivity index (χ1v) is 6.77. The van der Waals surface area contributed by atoms with Crippen molar-refractivity contribution in [3.05, 3.63) is 24.8 Å². The van der Waals surface area contributed by atoms with Gasteiger partial charge in [-0.2, -0.15) is 0 Å². The zero-order valence-electron chi connectivity index (χ0n) is 11.3. The van der Waals surface area contributed by atoms with Gasteiger partial charge in [-0.25, -0.2) is 0 Å². The molecule has 1 nitrogen and oxygen atoms in total. The fourth-order valence-electron chi connectivity index (χ4n) is 1.77. The maximum atomic E-state index is 4.01. The van der Waals surface area contributed by atoms with Crippen LogP contribution in [-0.2, 0) is 0 Å². The lowest BCUT2D eigenvalue weighted by Gasteiger charge is -2.22. The van der Waals surface area contributed by atoms with Gasteiger partial charge in [0.1, 0.15) is 0 Å². The molecule has 0 bridgehead atoms. The van der Waals surface area contributed by atoms with Crippen molar-refractivity contribution in [1.29, 1.82) is 0 Å². The summed E-state index contributed by atoms with van der Waals surface area (Å²) in [5.74, 6) is 0. The third kappa shape index (κ3) is 8.72. The molecule has 0 saturated heterocycles. The van der Waals surface area contributed by atoms with Crippen LogP contribution in [0.4, 0.5) is 0 Å². The zero-order chi connectivity index (χ0) is 12.2. The summed E-state index contributed by atoms with van der Waals surface area (Å²) in [6, 6.07) is 0. The molecule has 0 aromatic rings. The Balaban J connectivity index is 3.80. The standard InChI is InChI=1S/C15H29N/c1-5-8-10-11-13-16(12-9-6-2)14-15(4)7-3/h7H,3-6,8-14H2,1-2H3. The predicted molar refractivity (Wildman–Crippen MR) is 74.8 cm³/mol. The molecular weight excluding hydrogens is 194 g/mol. The summed E-state index contributed by atoms with van der Waals surface area (Å²) in [5, 5.41) is 0. The van der Waals surface area contributed by atoms with E-state index in [0.29, 0.717) is 0 Å². The molecule has 1 heteroatoms. The van der Waals surface area contributed by atoms with Gasteiger partial charge in [-0.1, -0.05) is 58.8 Å². The maximum Gasteiger partial charge on any atom is 0.0227 e. The Morgan fingerprint density at radius 3 is 2.19 bits per heavy atom. The van der Waals surface area contributed by atoms with E-state index in [1.54, 1.807) is 0 Å². The molecule has 0 N–H and O–H groups in total. The first-order chi connectivity index (χ1) is 7.74. The van der Waals surface area contributed by atoms with Gasteiger partial charge in [-0.3, -0.25) is 4.90 Å².